The molecule has 0 atom stereocenters. The van der Waals surface area contributed by atoms with Gasteiger partial charge in [0.15, 0.2) is 0 Å². The normalized spacial score (nSPS) is 22.3. The summed E-state index contributed by atoms with van der Waals surface area (Å²) in [7, 11) is 1.61. The second-order valence-electron chi connectivity index (χ2n) is 7.03. The minimum Gasteiger partial charge on any atom is -0.381 e. The molecular formula is C19H27FN2O3. The van der Waals surface area contributed by atoms with Crippen molar-refractivity contribution in [3.05, 3.63) is 35.6 Å². The summed E-state index contributed by atoms with van der Waals surface area (Å²) >= 11 is 0. The predicted molar refractivity (Wildman–Crippen MR) is 93.0 cm³/mol. The molecule has 2 heterocycles. The van der Waals surface area contributed by atoms with Crippen LogP contribution in [-0.2, 0) is 19.7 Å². The third-order valence-electron chi connectivity index (χ3n) is 5.71. The summed E-state index contributed by atoms with van der Waals surface area (Å²) in [6, 6.07) is 6.61. The van der Waals surface area contributed by atoms with E-state index >= 15 is 0 Å². The predicted octanol–water partition coefficient (Wildman–Crippen LogP) is 1.76. The number of piperidine rings is 1. The third-order valence-corrected chi connectivity index (χ3v) is 5.71. The van der Waals surface area contributed by atoms with Crippen molar-refractivity contribution in [1.82, 2.24) is 10.6 Å². The highest BCUT2D eigenvalue weighted by Crippen LogP contribution is 2.35. The Morgan fingerprint density at radius 1 is 1.20 bits per heavy atom. The molecular weight excluding hydrogens is 323 g/mol. The van der Waals surface area contributed by atoms with Crippen LogP contribution in [0.1, 0.15) is 31.2 Å². The molecule has 2 N–H and O–H groups in total. The van der Waals surface area contributed by atoms with Gasteiger partial charge in [0.05, 0.1) is 0 Å². The Balaban J connectivity index is 1.74. The van der Waals surface area contributed by atoms with Gasteiger partial charge in [-0.25, -0.2) is 4.39 Å². The molecule has 0 radical (unpaired) electrons. The van der Waals surface area contributed by atoms with E-state index in [2.05, 4.69) is 10.6 Å². The first-order chi connectivity index (χ1) is 12.1. The number of methoxy groups -OCH3 is 1. The highest BCUT2D eigenvalue weighted by atomic mass is 19.1. The smallest absolute Gasteiger partial charge is 0.252 e. The van der Waals surface area contributed by atoms with Crippen LogP contribution in [0.4, 0.5) is 4.39 Å². The van der Waals surface area contributed by atoms with Crippen molar-refractivity contribution in [3.63, 3.8) is 0 Å². The van der Waals surface area contributed by atoms with Crippen molar-refractivity contribution < 1.29 is 18.7 Å². The van der Waals surface area contributed by atoms with Crippen LogP contribution in [0.2, 0.25) is 0 Å². The fraction of sp³-hybridized carbons (Fsp3) is 0.632. The molecule has 3 rings (SSSR count). The van der Waals surface area contributed by atoms with Crippen LogP contribution < -0.4 is 10.6 Å². The average molecular weight is 350 g/mol. The van der Waals surface area contributed by atoms with Crippen LogP contribution in [0, 0.1) is 5.82 Å². The fourth-order valence-corrected chi connectivity index (χ4v) is 3.90. The van der Waals surface area contributed by atoms with Crippen molar-refractivity contribution in [1.29, 1.82) is 0 Å². The lowest BCUT2D eigenvalue weighted by atomic mass is 9.74. The molecule has 0 unspecified atom stereocenters. The van der Waals surface area contributed by atoms with Crippen molar-refractivity contribution in [2.45, 2.75) is 36.7 Å². The van der Waals surface area contributed by atoms with Crippen molar-refractivity contribution >= 4 is 5.91 Å². The van der Waals surface area contributed by atoms with E-state index in [4.69, 9.17) is 9.47 Å². The minimum absolute atomic E-state index is 0.0514. The molecule has 0 spiro atoms. The van der Waals surface area contributed by atoms with Gasteiger partial charge in [-0.05, 0) is 56.5 Å². The number of amides is 1. The summed E-state index contributed by atoms with van der Waals surface area (Å²) in [6.07, 6.45) is 2.95. The second kappa shape index (κ2) is 7.81. The zero-order valence-electron chi connectivity index (χ0n) is 14.8. The monoisotopic (exact) mass is 350 g/mol. The first-order valence-corrected chi connectivity index (χ1v) is 8.98. The molecule has 1 aromatic rings. The number of hydrogen-bond acceptors (Lipinski definition) is 4. The van der Waals surface area contributed by atoms with E-state index < -0.39 is 5.60 Å². The molecule has 2 aliphatic rings. The van der Waals surface area contributed by atoms with Gasteiger partial charge in [0.1, 0.15) is 11.4 Å². The number of hydrogen-bond donors (Lipinski definition) is 2. The lowest BCUT2D eigenvalue weighted by molar-refractivity contribution is -0.147. The molecule has 138 valence electrons. The van der Waals surface area contributed by atoms with Crippen molar-refractivity contribution in [2.24, 2.45) is 0 Å². The molecule has 1 aromatic carbocycles. The van der Waals surface area contributed by atoms with Gasteiger partial charge in [-0.15, -0.1) is 0 Å². The number of carbonyl (C=O) groups is 1. The van der Waals surface area contributed by atoms with Gasteiger partial charge in [-0.2, -0.15) is 0 Å². The van der Waals surface area contributed by atoms with Gasteiger partial charge in [0.25, 0.3) is 5.91 Å². The van der Waals surface area contributed by atoms with E-state index in [0.29, 0.717) is 32.6 Å². The second-order valence-corrected chi connectivity index (χ2v) is 7.03. The molecule has 0 bridgehead atoms. The maximum atomic E-state index is 13.3. The number of carbonyl (C=O) groups excluding carboxylic acids is 1. The van der Waals surface area contributed by atoms with Gasteiger partial charge in [0.2, 0.25) is 0 Å². The molecule has 2 aliphatic heterocycles. The Morgan fingerprint density at radius 3 is 2.44 bits per heavy atom. The van der Waals surface area contributed by atoms with E-state index in [9.17, 15) is 9.18 Å². The van der Waals surface area contributed by atoms with Crippen LogP contribution in [0.25, 0.3) is 0 Å². The van der Waals surface area contributed by atoms with Gasteiger partial charge in [-0.1, -0.05) is 12.1 Å². The summed E-state index contributed by atoms with van der Waals surface area (Å²) in [6.45, 7) is 3.36. The van der Waals surface area contributed by atoms with Crippen LogP contribution in [0.5, 0.6) is 0 Å². The number of benzene rings is 1. The molecule has 0 aliphatic carbocycles. The maximum absolute atomic E-state index is 13.3. The fourth-order valence-electron chi connectivity index (χ4n) is 3.90. The van der Waals surface area contributed by atoms with Crippen molar-refractivity contribution in [3.8, 4) is 0 Å². The summed E-state index contributed by atoms with van der Waals surface area (Å²) in [5.74, 6) is -0.299. The maximum Gasteiger partial charge on any atom is 0.252 e. The number of halogens is 1. The van der Waals surface area contributed by atoms with E-state index in [-0.39, 0.29) is 17.1 Å². The SMILES string of the molecule is COC1(C(=O)NCC2(c3ccc(F)cc3)CCOCC2)CCNCC1. The Morgan fingerprint density at radius 2 is 1.84 bits per heavy atom. The summed E-state index contributed by atoms with van der Waals surface area (Å²) in [5.41, 5.74) is 0.0819. The van der Waals surface area contributed by atoms with Crippen LogP contribution in [0.3, 0.4) is 0 Å². The number of nitrogens with one attached hydrogen (secondary N) is 2. The Kier molecular flexibility index (Phi) is 5.71. The minimum atomic E-state index is -0.750. The number of ether oxygens (including phenoxy) is 2. The topological polar surface area (TPSA) is 59.6 Å². The van der Waals surface area contributed by atoms with Gasteiger partial charge in [0, 0.05) is 32.3 Å². The molecule has 2 fully saturated rings. The van der Waals surface area contributed by atoms with E-state index in [1.807, 2.05) is 12.1 Å². The van der Waals surface area contributed by atoms with E-state index in [0.717, 1.165) is 31.5 Å². The average Bonchev–Trinajstić information content (AvgIpc) is 2.68. The molecule has 6 heteroatoms. The molecule has 25 heavy (non-hydrogen) atoms. The van der Waals surface area contributed by atoms with Crippen molar-refractivity contribution in [2.75, 3.05) is 40.0 Å². The van der Waals surface area contributed by atoms with Crippen LogP contribution in [0.15, 0.2) is 24.3 Å². The first kappa shape index (κ1) is 18.3. The largest absolute Gasteiger partial charge is 0.381 e. The standard InChI is InChI=1S/C19H27FN2O3/c1-24-19(6-10-21-11-7-19)17(23)22-14-18(8-12-25-13-9-18)15-2-4-16(20)5-3-15/h2-5,21H,6-14H2,1H3,(H,22,23). The van der Waals surface area contributed by atoms with Gasteiger partial charge < -0.3 is 20.1 Å². The molecule has 0 saturated carbocycles. The lowest BCUT2D eigenvalue weighted by Crippen LogP contribution is -2.56. The number of rotatable bonds is 5. The summed E-state index contributed by atoms with van der Waals surface area (Å²) in [5, 5.41) is 6.39. The Bertz CT molecular complexity index is 579. The first-order valence-electron chi connectivity index (χ1n) is 8.98. The van der Waals surface area contributed by atoms with Crippen LogP contribution >= 0.6 is 0 Å². The van der Waals surface area contributed by atoms with Gasteiger partial charge >= 0.3 is 0 Å². The highest BCUT2D eigenvalue weighted by Gasteiger charge is 2.42. The van der Waals surface area contributed by atoms with E-state index in [1.54, 1.807) is 7.11 Å². The molecule has 5 nitrogen and oxygen atoms in total. The molecule has 0 aromatic heterocycles. The highest BCUT2D eigenvalue weighted by molar-refractivity contribution is 5.85. The Hall–Kier alpha value is -1.50. The van der Waals surface area contributed by atoms with E-state index in [1.165, 1.54) is 12.1 Å². The summed E-state index contributed by atoms with van der Waals surface area (Å²) < 4.78 is 24.4. The summed E-state index contributed by atoms with van der Waals surface area (Å²) in [4.78, 5) is 12.9. The zero-order valence-corrected chi connectivity index (χ0v) is 14.8. The van der Waals surface area contributed by atoms with Gasteiger partial charge in [-0.3, -0.25) is 4.79 Å². The zero-order chi connectivity index (χ0) is 17.8. The quantitative estimate of drug-likeness (QED) is 0.850. The molecule has 1 amide bonds. The molecule has 2 saturated heterocycles. The third kappa shape index (κ3) is 3.86. The Labute approximate surface area is 148 Å². The lowest BCUT2D eigenvalue weighted by Gasteiger charge is -2.40. The van der Waals surface area contributed by atoms with Crippen LogP contribution in [-0.4, -0.2) is 51.5 Å².